The second-order valence-corrected chi connectivity index (χ2v) is 3.43. The summed E-state index contributed by atoms with van der Waals surface area (Å²) in [4.78, 5) is 3.84. The Bertz CT molecular complexity index is 346. The quantitative estimate of drug-likeness (QED) is 0.807. The van der Waals surface area contributed by atoms with E-state index in [1.54, 1.807) is 6.92 Å². The second-order valence-electron chi connectivity index (χ2n) is 2.52. The highest BCUT2D eigenvalue weighted by Gasteiger charge is 2.05. The summed E-state index contributed by atoms with van der Waals surface area (Å²) in [6.45, 7) is 1.75. The van der Waals surface area contributed by atoms with E-state index in [4.69, 9.17) is 6.42 Å². The van der Waals surface area contributed by atoms with Gasteiger partial charge in [0.05, 0.1) is 6.04 Å². The molecule has 0 saturated carbocycles. The third kappa shape index (κ3) is 2.71. The van der Waals surface area contributed by atoms with Crippen LogP contribution >= 0.6 is 15.9 Å². The largest absolute Gasteiger partial charge is 0.354 e. The van der Waals surface area contributed by atoms with E-state index in [-0.39, 0.29) is 11.9 Å². The van der Waals surface area contributed by atoms with Crippen molar-refractivity contribution in [2.45, 2.75) is 13.0 Å². The lowest BCUT2D eigenvalue weighted by Gasteiger charge is -2.08. The maximum atomic E-state index is 13.1. The van der Waals surface area contributed by atoms with Crippen LogP contribution in [0.1, 0.15) is 6.92 Å². The van der Waals surface area contributed by atoms with Crippen LogP contribution in [0.4, 0.5) is 10.2 Å². The van der Waals surface area contributed by atoms with Gasteiger partial charge >= 0.3 is 0 Å². The van der Waals surface area contributed by atoms with Crippen LogP contribution < -0.4 is 5.32 Å². The molecule has 68 valence electrons. The molecule has 1 rings (SSSR count). The zero-order valence-electron chi connectivity index (χ0n) is 7.01. The number of hydrogen-bond acceptors (Lipinski definition) is 2. The molecule has 0 bridgehead atoms. The number of nitrogens with one attached hydrogen (secondary N) is 1. The standard InChI is InChI=1S/C9H8BrFN2/c1-3-6(2)13-9-8(11)4-7(10)5-12-9/h1,4-6H,2H3,(H,12,13). The van der Waals surface area contributed by atoms with Crippen molar-refractivity contribution in [3.63, 3.8) is 0 Å². The Morgan fingerprint density at radius 1 is 1.77 bits per heavy atom. The predicted molar refractivity (Wildman–Crippen MR) is 53.8 cm³/mol. The first-order valence-electron chi connectivity index (χ1n) is 3.67. The Kier molecular flexibility index (Phi) is 3.26. The Morgan fingerprint density at radius 3 is 3.00 bits per heavy atom. The molecule has 0 fully saturated rings. The molecule has 2 nitrogen and oxygen atoms in total. The minimum absolute atomic E-state index is 0.175. The maximum absolute atomic E-state index is 13.1. The number of terminal acetylenes is 1. The van der Waals surface area contributed by atoms with Gasteiger partial charge in [-0.05, 0) is 28.9 Å². The van der Waals surface area contributed by atoms with Crippen molar-refractivity contribution in [2.24, 2.45) is 0 Å². The van der Waals surface area contributed by atoms with Crippen molar-refractivity contribution >= 4 is 21.7 Å². The first kappa shape index (κ1) is 10.0. The highest BCUT2D eigenvalue weighted by molar-refractivity contribution is 9.10. The van der Waals surface area contributed by atoms with Gasteiger partial charge in [0.25, 0.3) is 0 Å². The summed E-state index contributed by atoms with van der Waals surface area (Å²) in [5.74, 6) is 2.18. The maximum Gasteiger partial charge on any atom is 0.166 e. The minimum atomic E-state index is -0.420. The topological polar surface area (TPSA) is 24.9 Å². The van der Waals surface area contributed by atoms with E-state index in [0.29, 0.717) is 4.47 Å². The molecule has 0 aromatic carbocycles. The van der Waals surface area contributed by atoms with Crippen molar-refractivity contribution in [3.8, 4) is 12.3 Å². The fourth-order valence-electron chi connectivity index (χ4n) is 0.768. The molecule has 0 spiro atoms. The first-order valence-corrected chi connectivity index (χ1v) is 4.46. The normalized spacial score (nSPS) is 11.8. The van der Waals surface area contributed by atoms with Gasteiger partial charge in [-0.1, -0.05) is 5.92 Å². The van der Waals surface area contributed by atoms with E-state index in [0.717, 1.165) is 0 Å². The molecule has 0 radical (unpaired) electrons. The van der Waals surface area contributed by atoms with Crippen LogP contribution in [-0.4, -0.2) is 11.0 Å². The van der Waals surface area contributed by atoms with Gasteiger partial charge in [-0.15, -0.1) is 6.42 Å². The third-order valence-electron chi connectivity index (χ3n) is 1.41. The number of nitrogens with zero attached hydrogens (tertiary/aromatic N) is 1. The van der Waals surface area contributed by atoms with Crippen molar-refractivity contribution in [2.75, 3.05) is 5.32 Å². The van der Waals surface area contributed by atoms with Gasteiger partial charge in [0.1, 0.15) is 0 Å². The molecule has 0 aliphatic heterocycles. The minimum Gasteiger partial charge on any atom is -0.354 e. The van der Waals surface area contributed by atoms with Crippen LogP contribution in [0.5, 0.6) is 0 Å². The van der Waals surface area contributed by atoms with Gasteiger partial charge in [0.15, 0.2) is 11.6 Å². The molecule has 0 aliphatic carbocycles. The number of aromatic nitrogens is 1. The Morgan fingerprint density at radius 2 is 2.46 bits per heavy atom. The van der Waals surface area contributed by atoms with E-state index in [1.807, 2.05) is 0 Å². The van der Waals surface area contributed by atoms with Crippen LogP contribution in [0.25, 0.3) is 0 Å². The molecule has 1 aromatic heterocycles. The van der Waals surface area contributed by atoms with Crippen molar-refractivity contribution in [1.29, 1.82) is 0 Å². The SMILES string of the molecule is C#CC(C)Nc1ncc(Br)cc1F. The molecular weight excluding hydrogens is 235 g/mol. The summed E-state index contributed by atoms with van der Waals surface area (Å²) in [6, 6.07) is 1.10. The Hall–Kier alpha value is -1.08. The van der Waals surface area contributed by atoms with Gasteiger partial charge in [-0.25, -0.2) is 9.37 Å². The highest BCUT2D eigenvalue weighted by Crippen LogP contribution is 2.16. The zero-order chi connectivity index (χ0) is 9.84. The van der Waals surface area contributed by atoms with E-state index in [9.17, 15) is 4.39 Å². The van der Waals surface area contributed by atoms with E-state index >= 15 is 0 Å². The predicted octanol–water partition coefficient (Wildman–Crippen LogP) is 2.42. The monoisotopic (exact) mass is 242 g/mol. The molecule has 1 heterocycles. The Labute approximate surface area is 84.7 Å². The van der Waals surface area contributed by atoms with Gasteiger partial charge in [-0.3, -0.25) is 0 Å². The number of pyridine rings is 1. The summed E-state index contributed by atoms with van der Waals surface area (Å²) < 4.78 is 13.7. The van der Waals surface area contributed by atoms with Gasteiger partial charge in [-0.2, -0.15) is 0 Å². The number of halogens is 2. The number of rotatable bonds is 2. The average molecular weight is 243 g/mol. The van der Waals surface area contributed by atoms with Crippen LogP contribution in [0.2, 0.25) is 0 Å². The summed E-state index contributed by atoms with van der Waals surface area (Å²) in [6.07, 6.45) is 6.64. The molecule has 0 saturated heterocycles. The summed E-state index contributed by atoms with van der Waals surface area (Å²) in [5, 5.41) is 2.74. The molecule has 1 unspecified atom stereocenters. The van der Waals surface area contributed by atoms with Crippen molar-refractivity contribution in [1.82, 2.24) is 4.98 Å². The molecule has 4 heteroatoms. The molecule has 1 atom stereocenters. The third-order valence-corrected chi connectivity index (χ3v) is 1.84. The Balaban J connectivity index is 2.85. The summed E-state index contributed by atoms with van der Waals surface area (Å²) in [5.41, 5.74) is 0. The van der Waals surface area contributed by atoms with E-state index in [2.05, 4.69) is 32.2 Å². The van der Waals surface area contributed by atoms with Gasteiger partial charge in [0, 0.05) is 10.7 Å². The highest BCUT2D eigenvalue weighted by atomic mass is 79.9. The molecule has 0 aliphatic rings. The lowest BCUT2D eigenvalue weighted by Crippen LogP contribution is -2.14. The second kappa shape index (κ2) is 4.24. The van der Waals surface area contributed by atoms with E-state index in [1.165, 1.54) is 12.3 Å². The first-order chi connectivity index (χ1) is 6.13. The van der Waals surface area contributed by atoms with Crippen LogP contribution in [0, 0.1) is 18.2 Å². The van der Waals surface area contributed by atoms with Crippen molar-refractivity contribution < 1.29 is 4.39 Å². The van der Waals surface area contributed by atoms with Crippen LogP contribution in [0.15, 0.2) is 16.7 Å². The van der Waals surface area contributed by atoms with Crippen molar-refractivity contribution in [3.05, 3.63) is 22.6 Å². The fraction of sp³-hybridized carbons (Fsp3) is 0.222. The average Bonchev–Trinajstić information content (AvgIpc) is 2.09. The fourth-order valence-corrected chi connectivity index (χ4v) is 1.07. The summed E-state index contributed by atoms with van der Waals surface area (Å²) >= 11 is 3.11. The molecular formula is C9H8BrFN2. The number of hydrogen-bond donors (Lipinski definition) is 1. The van der Waals surface area contributed by atoms with Gasteiger partial charge in [0.2, 0.25) is 0 Å². The lowest BCUT2D eigenvalue weighted by atomic mass is 10.3. The van der Waals surface area contributed by atoms with Crippen LogP contribution in [-0.2, 0) is 0 Å². The lowest BCUT2D eigenvalue weighted by molar-refractivity contribution is 0.622. The van der Waals surface area contributed by atoms with Crippen LogP contribution in [0.3, 0.4) is 0 Å². The van der Waals surface area contributed by atoms with E-state index < -0.39 is 5.82 Å². The number of anilines is 1. The molecule has 1 aromatic rings. The molecule has 1 N–H and O–H groups in total. The summed E-state index contributed by atoms with van der Waals surface area (Å²) in [7, 11) is 0. The zero-order valence-corrected chi connectivity index (χ0v) is 8.60. The molecule has 13 heavy (non-hydrogen) atoms. The molecule has 0 amide bonds. The van der Waals surface area contributed by atoms with Gasteiger partial charge < -0.3 is 5.32 Å². The smallest absolute Gasteiger partial charge is 0.166 e.